The standard InChI is InChI=1S/C15H28N4O3/c1-10(2)14(21)11(6-7-16)19-13(20)9-18-15(22)12-5-3-4-8-17-12/h10-12,17H,3-9,16H2,1-2H3,(H,18,22)(H,19,20). The van der Waals surface area contributed by atoms with Crippen molar-refractivity contribution in [1.29, 1.82) is 0 Å². The van der Waals surface area contributed by atoms with Gasteiger partial charge in [-0.25, -0.2) is 0 Å². The third kappa shape index (κ3) is 6.11. The number of amides is 2. The van der Waals surface area contributed by atoms with Gasteiger partial charge in [0.05, 0.1) is 18.6 Å². The van der Waals surface area contributed by atoms with E-state index >= 15 is 0 Å². The number of nitrogens with two attached hydrogens (primary N) is 1. The summed E-state index contributed by atoms with van der Waals surface area (Å²) in [4.78, 5) is 35.8. The first kappa shape index (κ1) is 18.6. The van der Waals surface area contributed by atoms with Crippen LogP contribution in [0.15, 0.2) is 0 Å². The highest BCUT2D eigenvalue weighted by molar-refractivity contribution is 5.92. The first-order valence-corrected chi connectivity index (χ1v) is 8.00. The maximum atomic E-state index is 12.0. The summed E-state index contributed by atoms with van der Waals surface area (Å²) < 4.78 is 0. The normalized spacial score (nSPS) is 19.5. The average Bonchev–Trinajstić information content (AvgIpc) is 2.52. The van der Waals surface area contributed by atoms with Crippen molar-refractivity contribution in [3.8, 4) is 0 Å². The Kier molecular flexibility index (Phi) is 8.05. The topological polar surface area (TPSA) is 113 Å². The Morgan fingerprint density at radius 2 is 2.00 bits per heavy atom. The minimum Gasteiger partial charge on any atom is -0.346 e. The quantitative estimate of drug-likeness (QED) is 0.473. The minimum atomic E-state index is -0.581. The Bertz CT molecular complexity index is 392. The molecule has 0 saturated carbocycles. The summed E-state index contributed by atoms with van der Waals surface area (Å²) in [6.07, 6.45) is 3.27. The number of carbonyl (C=O) groups excluding carboxylic acids is 3. The van der Waals surface area contributed by atoms with Crippen LogP contribution in [0.3, 0.4) is 0 Å². The van der Waals surface area contributed by atoms with Crippen LogP contribution < -0.4 is 21.7 Å². The molecule has 7 heteroatoms. The van der Waals surface area contributed by atoms with Gasteiger partial charge >= 0.3 is 0 Å². The fraction of sp³-hybridized carbons (Fsp3) is 0.800. The maximum absolute atomic E-state index is 12.0. The SMILES string of the molecule is CC(C)C(=O)C(CCN)NC(=O)CNC(=O)C1CCCCN1. The number of rotatable bonds is 8. The third-order valence-electron chi connectivity index (χ3n) is 3.75. The predicted molar refractivity (Wildman–Crippen MR) is 84.1 cm³/mol. The molecule has 0 radical (unpaired) electrons. The lowest BCUT2D eigenvalue weighted by Gasteiger charge is -2.23. The fourth-order valence-corrected chi connectivity index (χ4v) is 2.47. The van der Waals surface area contributed by atoms with E-state index in [-0.39, 0.29) is 36.1 Å². The van der Waals surface area contributed by atoms with Gasteiger partial charge in [-0.2, -0.15) is 0 Å². The molecule has 0 aromatic carbocycles. The number of hydrogen-bond donors (Lipinski definition) is 4. The molecule has 1 rings (SSSR count). The zero-order valence-electron chi connectivity index (χ0n) is 13.5. The van der Waals surface area contributed by atoms with Gasteiger partial charge in [-0.3, -0.25) is 14.4 Å². The number of carbonyl (C=O) groups is 3. The Morgan fingerprint density at radius 3 is 2.55 bits per heavy atom. The minimum absolute atomic E-state index is 0.0425. The molecule has 1 aliphatic rings. The molecular weight excluding hydrogens is 284 g/mol. The van der Waals surface area contributed by atoms with Crippen molar-refractivity contribution in [3.63, 3.8) is 0 Å². The lowest BCUT2D eigenvalue weighted by molar-refractivity contribution is -0.130. The molecule has 2 amide bonds. The van der Waals surface area contributed by atoms with Crippen molar-refractivity contribution in [2.24, 2.45) is 11.7 Å². The fourth-order valence-electron chi connectivity index (χ4n) is 2.47. The molecule has 7 nitrogen and oxygen atoms in total. The molecule has 2 unspecified atom stereocenters. The molecule has 1 heterocycles. The van der Waals surface area contributed by atoms with E-state index in [1.807, 2.05) is 0 Å². The van der Waals surface area contributed by atoms with E-state index in [0.29, 0.717) is 13.0 Å². The molecule has 1 aliphatic heterocycles. The van der Waals surface area contributed by atoms with E-state index in [1.54, 1.807) is 13.8 Å². The zero-order valence-corrected chi connectivity index (χ0v) is 13.5. The second-order valence-corrected chi connectivity index (χ2v) is 5.97. The van der Waals surface area contributed by atoms with Gasteiger partial charge in [0.1, 0.15) is 0 Å². The molecule has 0 spiro atoms. The van der Waals surface area contributed by atoms with Gasteiger partial charge in [-0.15, -0.1) is 0 Å². The van der Waals surface area contributed by atoms with Gasteiger partial charge in [0.2, 0.25) is 11.8 Å². The molecule has 2 atom stereocenters. The summed E-state index contributed by atoms with van der Waals surface area (Å²) in [5.41, 5.74) is 5.48. The first-order valence-electron chi connectivity index (χ1n) is 8.00. The van der Waals surface area contributed by atoms with E-state index in [1.165, 1.54) is 0 Å². The summed E-state index contributed by atoms with van der Waals surface area (Å²) in [6, 6.07) is -0.805. The summed E-state index contributed by atoms with van der Waals surface area (Å²) in [6.45, 7) is 4.60. The molecule has 0 aromatic rings. The van der Waals surface area contributed by atoms with Gasteiger partial charge in [0, 0.05) is 5.92 Å². The van der Waals surface area contributed by atoms with Crippen molar-refractivity contribution in [2.75, 3.05) is 19.6 Å². The number of nitrogens with one attached hydrogen (secondary N) is 3. The van der Waals surface area contributed by atoms with E-state index in [0.717, 1.165) is 25.8 Å². The molecule has 0 aromatic heterocycles. The third-order valence-corrected chi connectivity index (χ3v) is 3.75. The highest BCUT2D eigenvalue weighted by Crippen LogP contribution is 2.06. The molecule has 5 N–H and O–H groups in total. The van der Waals surface area contributed by atoms with E-state index in [2.05, 4.69) is 16.0 Å². The van der Waals surface area contributed by atoms with Crippen molar-refractivity contribution < 1.29 is 14.4 Å². The predicted octanol–water partition coefficient (Wildman–Crippen LogP) is -0.697. The van der Waals surface area contributed by atoms with Crippen LogP contribution in [-0.4, -0.2) is 49.3 Å². The van der Waals surface area contributed by atoms with Gasteiger partial charge in [-0.1, -0.05) is 20.3 Å². The highest BCUT2D eigenvalue weighted by atomic mass is 16.2. The van der Waals surface area contributed by atoms with Crippen LogP contribution in [0.5, 0.6) is 0 Å². The van der Waals surface area contributed by atoms with Gasteiger partial charge in [-0.05, 0) is 32.4 Å². The number of ketones is 1. The molecular formula is C15H28N4O3. The number of Topliss-reactive ketones (excluding diaryl/α,β-unsaturated/α-hetero) is 1. The van der Waals surface area contributed by atoms with Crippen LogP contribution in [0.4, 0.5) is 0 Å². The van der Waals surface area contributed by atoms with Crippen molar-refractivity contribution >= 4 is 17.6 Å². The largest absolute Gasteiger partial charge is 0.346 e. The zero-order chi connectivity index (χ0) is 16.5. The molecule has 0 bridgehead atoms. The van der Waals surface area contributed by atoms with Crippen LogP contribution in [0.1, 0.15) is 39.5 Å². The van der Waals surface area contributed by atoms with Crippen LogP contribution in [0.25, 0.3) is 0 Å². The smallest absolute Gasteiger partial charge is 0.239 e. The first-order chi connectivity index (χ1) is 10.5. The Hall–Kier alpha value is -1.47. The highest BCUT2D eigenvalue weighted by Gasteiger charge is 2.24. The summed E-state index contributed by atoms with van der Waals surface area (Å²) >= 11 is 0. The van der Waals surface area contributed by atoms with Crippen LogP contribution in [-0.2, 0) is 14.4 Å². The van der Waals surface area contributed by atoms with E-state index in [9.17, 15) is 14.4 Å². The average molecular weight is 312 g/mol. The van der Waals surface area contributed by atoms with E-state index in [4.69, 9.17) is 5.73 Å². The Balaban J connectivity index is 2.39. The Labute approximate surface area is 131 Å². The maximum Gasteiger partial charge on any atom is 0.239 e. The van der Waals surface area contributed by atoms with Crippen LogP contribution in [0.2, 0.25) is 0 Å². The molecule has 126 valence electrons. The van der Waals surface area contributed by atoms with Crippen molar-refractivity contribution in [1.82, 2.24) is 16.0 Å². The van der Waals surface area contributed by atoms with Crippen molar-refractivity contribution in [3.05, 3.63) is 0 Å². The van der Waals surface area contributed by atoms with Crippen LogP contribution >= 0.6 is 0 Å². The summed E-state index contributed by atoms with van der Waals surface area (Å²) in [5.74, 6) is -0.742. The lowest BCUT2D eigenvalue weighted by atomic mass is 9.99. The van der Waals surface area contributed by atoms with Gasteiger partial charge < -0.3 is 21.7 Å². The number of hydrogen-bond acceptors (Lipinski definition) is 5. The van der Waals surface area contributed by atoms with Crippen LogP contribution in [0, 0.1) is 5.92 Å². The van der Waals surface area contributed by atoms with E-state index < -0.39 is 6.04 Å². The van der Waals surface area contributed by atoms with Gasteiger partial charge in [0.15, 0.2) is 5.78 Å². The molecule has 22 heavy (non-hydrogen) atoms. The summed E-state index contributed by atoms with van der Waals surface area (Å²) in [7, 11) is 0. The Morgan fingerprint density at radius 1 is 1.27 bits per heavy atom. The second-order valence-electron chi connectivity index (χ2n) is 5.97. The second kappa shape index (κ2) is 9.53. The lowest BCUT2D eigenvalue weighted by Crippen LogP contribution is -2.51. The van der Waals surface area contributed by atoms with Gasteiger partial charge in [0.25, 0.3) is 0 Å². The van der Waals surface area contributed by atoms with Crippen molar-refractivity contribution in [2.45, 2.75) is 51.6 Å². The number of piperidine rings is 1. The molecule has 1 fully saturated rings. The molecule has 0 aliphatic carbocycles. The monoisotopic (exact) mass is 312 g/mol. The molecule has 1 saturated heterocycles. The summed E-state index contributed by atoms with van der Waals surface area (Å²) in [5, 5.41) is 8.39.